The first-order chi connectivity index (χ1) is 13.0. The van der Waals surface area contributed by atoms with E-state index in [4.69, 9.17) is 9.90 Å². The molecule has 3 aromatic rings. The molecule has 1 aliphatic rings. The quantitative estimate of drug-likeness (QED) is 0.377. The molecule has 2 N–H and O–H groups in total. The van der Waals surface area contributed by atoms with Gasteiger partial charge < -0.3 is 10.4 Å². The van der Waals surface area contributed by atoms with E-state index >= 15 is 0 Å². The summed E-state index contributed by atoms with van der Waals surface area (Å²) in [6.07, 6.45) is 1.93. The van der Waals surface area contributed by atoms with Crippen molar-refractivity contribution in [1.29, 1.82) is 0 Å². The Kier molecular flexibility index (Phi) is 8.47. The van der Waals surface area contributed by atoms with Crippen molar-refractivity contribution in [3.8, 4) is 0 Å². The SMILES string of the molecule is CC(=O)O.O=C1NC(=Nc2cc[c-]cc2)SC1=Cc1csc2ccccc12.[Na+]. The molecule has 0 saturated carbocycles. The molecule has 1 aromatic heterocycles. The predicted molar refractivity (Wildman–Crippen MR) is 111 cm³/mol. The third-order valence-corrected chi connectivity index (χ3v) is 5.27. The zero-order valence-corrected chi connectivity index (χ0v) is 18.9. The van der Waals surface area contributed by atoms with E-state index in [9.17, 15) is 4.79 Å². The van der Waals surface area contributed by atoms with Crippen LogP contribution in [0.2, 0.25) is 0 Å². The summed E-state index contributed by atoms with van der Waals surface area (Å²) in [5.41, 5.74) is 1.87. The fourth-order valence-corrected chi connectivity index (χ4v) is 4.05. The monoisotopic (exact) mass is 418 g/mol. The molecule has 5 nitrogen and oxygen atoms in total. The molecule has 0 atom stereocenters. The minimum Gasteiger partial charge on any atom is -0.481 e. The van der Waals surface area contributed by atoms with Gasteiger partial charge in [0.25, 0.3) is 11.9 Å². The van der Waals surface area contributed by atoms with Crippen LogP contribution >= 0.6 is 23.1 Å². The number of amidine groups is 1. The normalized spacial score (nSPS) is 15.7. The van der Waals surface area contributed by atoms with Gasteiger partial charge in [0.2, 0.25) is 0 Å². The summed E-state index contributed by atoms with van der Waals surface area (Å²) in [6, 6.07) is 18.5. The number of hydrogen-bond donors (Lipinski definition) is 2. The van der Waals surface area contributed by atoms with Gasteiger partial charge in [-0.2, -0.15) is 18.2 Å². The van der Waals surface area contributed by atoms with Crippen molar-refractivity contribution in [2.75, 3.05) is 0 Å². The van der Waals surface area contributed by atoms with Crippen LogP contribution < -0.4 is 34.9 Å². The summed E-state index contributed by atoms with van der Waals surface area (Å²) in [4.78, 5) is 26.3. The third-order valence-electron chi connectivity index (χ3n) is 3.38. The fraction of sp³-hybridized carbons (Fsp3) is 0.0500. The molecule has 0 unspecified atom stereocenters. The molecule has 0 bridgehead atoms. The number of hydrogen-bond acceptors (Lipinski definition) is 5. The van der Waals surface area contributed by atoms with Gasteiger partial charge in [-0.15, -0.1) is 23.5 Å². The third kappa shape index (κ3) is 6.05. The zero-order chi connectivity index (χ0) is 19.2. The van der Waals surface area contributed by atoms with Crippen LogP contribution in [0.5, 0.6) is 0 Å². The zero-order valence-electron chi connectivity index (χ0n) is 15.3. The Bertz CT molecular complexity index is 1040. The molecule has 4 rings (SSSR count). The molecule has 28 heavy (non-hydrogen) atoms. The number of benzene rings is 2. The van der Waals surface area contributed by atoms with Gasteiger partial charge in [0.05, 0.1) is 4.91 Å². The molecule has 1 amide bonds. The number of carboxylic acid groups (broad SMARTS) is 1. The van der Waals surface area contributed by atoms with Crippen LogP contribution in [0.4, 0.5) is 5.69 Å². The van der Waals surface area contributed by atoms with E-state index in [-0.39, 0.29) is 35.5 Å². The van der Waals surface area contributed by atoms with Gasteiger partial charge in [0, 0.05) is 11.6 Å². The first-order valence-electron chi connectivity index (χ1n) is 7.94. The van der Waals surface area contributed by atoms with Crippen molar-refractivity contribution < 1.29 is 44.3 Å². The Labute approximate surface area is 192 Å². The Hall–Kier alpha value is -1.90. The average molecular weight is 418 g/mol. The van der Waals surface area contributed by atoms with Crippen molar-refractivity contribution in [3.63, 3.8) is 0 Å². The molecule has 1 saturated heterocycles. The number of aliphatic imine (C=N–C) groups is 1. The molecule has 1 fully saturated rings. The number of aliphatic carboxylic acids is 1. The maximum Gasteiger partial charge on any atom is 1.00 e. The van der Waals surface area contributed by atoms with Crippen LogP contribution in [0.15, 0.2) is 63.8 Å². The maximum absolute atomic E-state index is 12.2. The number of rotatable bonds is 2. The second-order valence-electron chi connectivity index (χ2n) is 5.45. The Morgan fingerprint density at radius 1 is 1.21 bits per heavy atom. The van der Waals surface area contributed by atoms with Gasteiger partial charge in [-0.3, -0.25) is 14.6 Å². The van der Waals surface area contributed by atoms with E-state index in [0.29, 0.717) is 10.1 Å². The van der Waals surface area contributed by atoms with Crippen molar-refractivity contribution in [2.45, 2.75) is 6.92 Å². The Balaban J connectivity index is 0.000000515. The smallest absolute Gasteiger partial charge is 0.481 e. The summed E-state index contributed by atoms with van der Waals surface area (Å²) in [7, 11) is 0. The Morgan fingerprint density at radius 2 is 1.89 bits per heavy atom. The van der Waals surface area contributed by atoms with Gasteiger partial charge in [0.1, 0.15) is 0 Å². The number of fused-ring (bicyclic) bond motifs is 1. The molecular weight excluding hydrogens is 403 g/mol. The first kappa shape index (κ1) is 22.4. The fourth-order valence-electron chi connectivity index (χ4n) is 2.30. The average Bonchev–Trinajstić information content (AvgIpc) is 3.20. The molecular formula is C20H15N2NaO3S2. The van der Waals surface area contributed by atoms with Crippen molar-refractivity contribution in [1.82, 2.24) is 5.32 Å². The minimum absolute atomic E-state index is 0. The number of carbonyl (C=O) groups excluding carboxylic acids is 1. The Morgan fingerprint density at radius 3 is 2.61 bits per heavy atom. The number of nitrogens with zero attached hydrogens (tertiary/aromatic N) is 1. The van der Waals surface area contributed by atoms with Crippen LogP contribution in [-0.4, -0.2) is 22.2 Å². The van der Waals surface area contributed by atoms with Crippen molar-refractivity contribution >= 4 is 62.0 Å². The van der Waals surface area contributed by atoms with Gasteiger partial charge >= 0.3 is 29.6 Å². The largest absolute Gasteiger partial charge is 1.00 e. The number of thioether (sulfide) groups is 1. The van der Waals surface area contributed by atoms with E-state index in [2.05, 4.69) is 33.9 Å². The number of thiophene rings is 1. The van der Waals surface area contributed by atoms with Crippen LogP contribution in [0.3, 0.4) is 0 Å². The summed E-state index contributed by atoms with van der Waals surface area (Å²) in [6.45, 7) is 1.08. The molecule has 2 heterocycles. The second-order valence-corrected chi connectivity index (χ2v) is 7.39. The number of nitrogens with one attached hydrogen (secondary N) is 1. The number of carbonyl (C=O) groups is 2. The van der Waals surface area contributed by atoms with E-state index < -0.39 is 5.97 Å². The maximum atomic E-state index is 12.2. The number of carboxylic acids is 1. The van der Waals surface area contributed by atoms with Crippen LogP contribution in [0, 0.1) is 6.07 Å². The van der Waals surface area contributed by atoms with Crippen molar-refractivity contribution in [3.05, 3.63) is 70.4 Å². The van der Waals surface area contributed by atoms with Gasteiger partial charge in [-0.25, -0.2) is 0 Å². The second kappa shape index (κ2) is 10.6. The molecule has 8 heteroatoms. The summed E-state index contributed by atoms with van der Waals surface area (Å²) >= 11 is 3.05. The molecule has 1 aliphatic heterocycles. The molecule has 2 aromatic carbocycles. The van der Waals surface area contributed by atoms with E-state index in [1.165, 1.54) is 21.8 Å². The first-order valence-corrected chi connectivity index (χ1v) is 9.64. The van der Waals surface area contributed by atoms with Crippen LogP contribution in [-0.2, 0) is 9.59 Å². The van der Waals surface area contributed by atoms with Crippen LogP contribution in [0.25, 0.3) is 16.2 Å². The molecule has 0 aliphatic carbocycles. The van der Waals surface area contributed by atoms with Crippen molar-refractivity contribution in [2.24, 2.45) is 4.99 Å². The molecule has 136 valence electrons. The van der Waals surface area contributed by atoms with Crippen LogP contribution in [0.1, 0.15) is 12.5 Å². The van der Waals surface area contributed by atoms with Gasteiger partial charge in [-0.1, -0.05) is 18.2 Å². The van der Waals surface area contributed by atoms with Gasteiger partial charge in [-0.05, 0) is 45.9 Å². The summed E-state index contributed by atoms with van der Waals surface area (Å²) in [5, 5.41) is 14.1. The number of amides is 1. The topological polar surface area (TPSA) is 78.8 Å². The standard InChI is InChI=1S/C18H11N2OS2.C2H4O2.Na/c21-17-16(10-12-11-22-15-9-5-4-8-14(12)15)23-18(20-17)19-13-6-2-1-3-7-13;1-2(3)4;/h2-11H,(H,19,20,21);1H3,(H,3,4);/q-1;;+1. The summed E-state index contributed by atoms with van der Waals surface area (Å²) in [5.74, 6) is -0.938. The van der Waals surface area contributed by atoms with Gasteiger partial charge in [0.15, 0.2) is 5.17 Å². The summed E-state index contributed by atoms with van der Waals surface area (Å²) < 4.78 is 1.22. The predicted octanol–water partition coefficient (Wildman–Crippen LogP) is 1.69. The minimum atomic E-state index is -0.833. The molecule has 0 radical (unpaired) electrons. The van der Waals surface area contributed by atoms with E-state index in [0.717, 1.165) is 18.2 Å². The van der Waals surface area contributed by atoms with E-state index in [1.807, 2.05) is 30.3 Å². The van der Waals surface area contributed by atoms with E-state index in [1.54, 1.807) is 23.5 Å². The molecule has 0 spiro atoms.